The average Bonchev–Trinajstić information content (AvgIpc) is 2.17. The van der Waals surface area contributed by atoms with Crippen LogP contribution in [0.25, 0.3) is 10.9 Å². The number of nitrogens with two attached hydrogens (primary N) is 1. The minimum Gasteiger partial charge on any atom is -0.363 e. The molecule has 0 saturated carbocycles. The van der Waals surface area contributed by atoms with Crippen LogP contribution >= 0.6 is 11.6 Å². The smallest absolute Gasteiger partial charge is 0.284 e. The second-order valence-electron chi connectivity index (χ2n) is 2.91. The van der Waals surface area contributed by atoms with E-state index in [-0.39, 0.29) is 16.2 Å². The molecule has 2 rings (SSSR count). The van der Waals surface area contributed by atoms with Crippen LogP contribution in [0.2, 0.25) is 5.02 Å². The van der Waals surface area contributed by atoms with E-state index in [4.69, 9.17) is 17.3 Å². The molecule has 15 heavy (non-hydrogen) atoms. The van der Waals surface area contributed by atoms with Crippen molar-refractivity contribution in [1.29, 1.82) is 0 Å². The number of amides is 1. The lowest BCUT2D eigenvalue weighted by Crippen LogP contribution is -2.21. The van der Waals surface area contributed by atoms with Crippen molar-refractivity contribution >= 4 is 28.4 Å². The van der Waals surface area contributed by atoms with Gasteiger partial charge >= 0.3 is 0 Å². The molecular formula is C9H6ClN3O2. The Morgan fingerprint density at radius 3 is 2.87 bits per heavy atom. The zero-order valence-corrected chi connectivity index (χ0v) is 8.21. The van der Waals surface area contributed by atoms with Gasteiger partial charge in [-0.15, -0.1) is 0 Å². The van der Waals surface area contributed by atoms with Crippen LogP contribution < -0.4 is 11.3 Å². The Kier molecular flexibility index (Phi) is 2.17. The Morgan fingerprint density at radius 1 is 1.47 bits per heavy atom. The summed E-state index contributed by atoms with van der Waals surface area (Å²) in [6.07, 6.45) is 0. The predicted molar refractivity (Wildman–Crippen MR) is 55.9 cm³/mol. The molecule has 76 valence electrons. The minimum absolute atomic E-state index is 0.172. The van der Waals surface area contributed by atoms with Gasteiger partial charge in [-0.2, -0.15) is 0 Å². The van der Waals surface area contributed by atoms with Crippen LogP contribution in [0, 0.1) is 0 Å². The zero-order chi connectivity index (χ0) is 11.0. The highest BCUT2D eigenvalue weighted by molar-refractivity contribution is 6.35. The van der Waals surface area contributed by atoms with Crippen LogP contribution in [0.15, 0.2) is 23.0 Å². The Morgan fingerprint density at radius 2 is 2.20 bits per heavy atom. The number of aromatic nitrogens is 2. The molecule has 3 N–H and O–H groups in total. The monoisotopic (exact) mass is 223 g/mol. The molecule has 0 aliphatic rings. The lowest BCUT2D eigenvalue weighted by Gasteiger charge is -2.00. The topological polar surface area (TPSA) is 88.8 Å². The summed E-state index contributed by atoms with van der Waals surface area (Å²) in [7, 11) is 0. The molecule has 1 amide bonds. The molecule has 0 saturated heterocycles. The second-order valence-corrected chi connectivity index (χ2v) is 3.32. The van der Waals surface area contributed by atoms with Gasteiger partial charge in [0, 0.05) is 0 Å². The zero-order valence-electron chi connectivity index (χ0n) is 7.45. The van der Waals surface area contributed by atoms with E-state index in [0.29, 0.717) is 5.52 Å². The van der Waals surface area contributed by atoms with Crippen LogP contribution in [0.4, 0.5) is 0 Å². The van der Waals surface area contributed by atoms with Crippen molar-refractivity contribution in [2.45, 2.75) is 0 Å². The fraction of sp³-hybridized carbons (Fsp3) is 0. The molecule has 0 aliphatic heterocycles. The molecule has 0 spiro atoms. The summed E-state index contributed by atoms with van der Waals surface area (Å²) in [6.45, 7) is 0. The molecule has 0 radical (unpaired) electrons. The van der Waals surface area contributed by atoms with Gasteiger partial charge in [0.1, 0.15) is 0 Å². The largest absolute Gasteiger partial charge is 0.363 e. The van der Waals surface area contributed by atoms with Crippen LogP contribution in [0.5, 0.6) is 0 Å². The Labute approximate surface area is 88.9 Å². The fourth-order valence-corrected chi connectivity index (χ4v) is 1.52. The minimum atomic E-state index is -0.783. The molecule has 1 aromatic carbocycles. The van der Waals surface area contributed by atoms with E-state index >= 15 is 0 Å². The highest BCUT2D eigenvalue weighted by Gasteiger charge is 2.09. The van der Waals surface area contributed by atoms with Crippen LogP contribution in [0.1, 0.15) is 10.6 Å². The number of nitrogens with one attached hydrogen (secondary N) is 1. The van der Waals surface area contributed by atoms with Crippen LogP contribution in [-0.4, -0.2) is 15.9 Å². The third kappa shape index (κ3) is 1.57. The number of halogens is 1. The summed E-state index contributed by atoms with van der Waals surface area (Å²) in [6, 6.07) is 4.80. The van der Waals surface area contributed by atoms with Gasteiger partial charge in [0.05, 0.1) is 15.9 Å². The summed E-state index contributed by atoms with van der Waals surface area (Å²) < 4.78 is 0. The quantitative estimate of drug-likeness (QED) is 0.745. The highest BCUT2D eigenvalue weighted by Crippen LogP contribution is 2.17. The summed E-state index contributed by atoms with van der Waals surface area (Å²) >= 11 is 5.82. The first kappa shape index (κ1) is 9.67. The number of nitrogens with zero attached hydrogens (tertiary/aromatic N) is 1. The van der Waals surface area contributed by atoms with Crippen LogP contribution in [-0.2, 0) is 0 Å². The number of hydrogen-bond acceptors (Lipinski definition) is 3. The molecule has 0 aliphatic carbocycles. The lowest BCUT2D eigenvalue weighted by molar-refractivity contribution is 0.0990. The number of primary amides is 1. The van der Waals surface area contributed by atoms with E-state index in [0.717, 1.165) is 0 Å². The normalized spacial score (nSPS) is 10.5. The standard InChI is InChI=1S/C9H6ClN3O2/c10-4-2-1-3-5-6(4)9(15)13-8(12-5)7(11)14/h1-3H,(H2,11,14)(H,12,13,15). The molecule has 5 nitrogen and oxygen atoms in total. The number of H-pyrrole nitrogens is 1. The SMILES string of the molecule is NC(=O)c1nc2cccc(Cl)c2c(=O)[nH]1. The molecule has 1 aromatic heterocycles. The average molecular weight is 224 g/mol. The number of rotatable bonds is 1. The van der Waals surface area contributed by atoms with E-state index in [2.05, 4.69) is 9.97 Å². The van der Waals surface area contributed by atoms with E-state index in [1.54, 1.807) is 18.2 Å². The summed E-state index contributed by atoms with van der Waals surface area (Å²) in [5.74, 6) is -0.955. The molecule has 0 bridgehead atoms. The molecule has 0 atom stereocenters. The first-order valence-electron chi connectivity index (χ1n) is 4.08. The van der Waals surface area contributed by atoms with Gasteiger partial charge in [0.15, 0.2) is 5.82 Å². The number of hydrogen-bond donors (Lipinski definition) is 2. The molecule has 2 aromatic rings. The highest BCUT2D eigenvalue weighted by atomic mass is 35.5. The fourth-order valence-electron chi connectivity index (χ4n) is 1.27. The maximum atomic E-state index is 11.5. The van der Waals surface area contributed by atoms with Crippen molar-refractivity contribution < 1.29 is 4.79 Å². The van der Waals surface area contributed by atoms with Gasteiger partial charge in [-0.05, 0) is 12.1 Å². The number of carbonyl (C=O) groups excluding carboxylic acids is 1. The molecule has 0 unspecified atom stereocenters. The Hall–Kier alpha value is -1.88. The molecule has 6 heteroatoms. The molecule has 0 fully saturated rings. The molecular weight excluding hydrogens is 218 g/mol. The van der Waals surface area contributed by atoms with E-state index in [1.165, 1.54) is 0 Å². The number of fused-ring (bicyclic) bond motifs is 1. The predicted octanol–water partition coefficient (Wildman–Crippen LogP) is 0.675. The third-order valence-electron chi connectivity index (χ3n) is 1.92. The second kappa shape index (κ2) is 3.36. The van der Waals surface area contributed by atoms with Gasteiger partial charge < -0.3 is 10.7 Å². The third-order valence-corrected chi connectivity index (χ3v) is 2.23. The van der Waals surface area contributed by atoms with Crippen molar-refractivity contribution in [2.75, 3.05) is 0 Å². The van der Waals surface area contributed by atoms with Gasteiger partial charge in [-0.25, -0.2) is 4.98 Å². The summed E-state index contributed by atoms with van der Waals surface area (Å²) in [5, 5.41) is 0.543. The first-order chi connectivity index (χ1) is 7.09. The number of aromatic amines is 1. The Bertz CT molecular complexity index is 606. The maximum Gasteiger partial charge on any atom is 0.284 e. The van der Waals surface area contributed by atoms with Crippen molar-refractivity contribution in [2.24, 2.45) is 5.73 Å². The van der Waals surface area contributed by atoms with Gasteiger partial charge in [0.25, 0.3) is 11.5 Å². The van der Waals surface area contributed by atoms with E-state index in [1.807, 2.05) is 0 Å². The van der Waals surface area contributed by atoms with Gasteiger partial charge in [-0.3, -0.25) is 9.59 Å². The van der Waals surface area contributed by atoms with Crippen molar-refractivity contribution in [3.8, 4) is 0 Å². The molecule has 1 heterocycles. The van der Waals surface area contributed by atoms with Crippen molar-refractivity contribution in [1.82, 2.24) is 9.97 Å². The Balaban J connectivity index is 2.91. The number of benzene rings is 1. The van der Waals surface area contributed by atoms with Crippen molar-refractivity contribution in [3.63, 3.8) is 0 Å². The van der Waals surface area contributed by atoms with Gasteiger partial charge in [0.2, 0.25) is 0 Å². The lowest BCUT2D eigenvalue weighted by atomic mass is 10.2. The maximum absolute atomic E-state index is 11.5. The van der Waals surface area contributed by atoms with Gasteiger partial charge in [-0.1, -0.05) is 17.7 Å². The number of carbonyl (C=O) groups is 1. The summed E-state index contributed by atoms with van der Waals surface area (Å²) in [5.41, 5.74) is 4.88. The van der Waals surface area contributed by atoms with E-state index < -0.39 is 11.5 Å². The van der Waals surface area contributed by atoms with Crippen LogP contribution in [0.3, 0.4) is 0 Å². The first-order valence-corrected chi connectivity index (χ1v) is 4.46. The summed E-state index contributed by atoms with van der Waals surface area (Å²) in [4.78, 5) is 28.5. The van der Waals surface area contributed by atoms with Crippen molar-refractivity contribution in [3.05, 3.63) is 39.4 Å². The van der Waals surface area contributed by atoms with E-state index in [9.17, 15) is 9.59 Å².